The molecule has 1 aromatic rings. The number of halogens is 1. The second-order valence-corrected chi connectivity index (χ2v) is 9.62. The van der Waals surface area contributed by atoms with Crippen molar-refractivity contribution in [2.24, 2.45) is 5.73 Å². The molecule has 1 fully saturated rings. The highest BCUT2D eigenvalue weighted by molar-refractivity contribution is 8.26. The van der Waals surface area contributed by atoms with E-state index >= 15 is 0 Å². The predicted octanol–water partition coefficient (Wildman–Crippen LogP) is 3.40. The molecule has 1 aliphatic rings. The minimum atomic E-state index is -0.680. The average molecular weight is 420 g/mol. The van der Waals surface area contributed by atoms with Gasteiger partial charge in [-0.25, -0.2) is 4.39 Å². The molecule has 0 bridgehead atoms. The number of allylic oxidation sites excluding steroid dienone is 1. The summed E-state index contributed by atoms with van der Waals surface area (Å²) >= 11 is 0.880. The Morgan fingerprint density at radius 1 is 1.31 bits per heavy atom. The number of aromatic nitrogens is 1. The number of pyridine rings is 1. The van der Waals surface area contributed by atoms with Crippen molar-refractivity contribution in [2.75, 3.05) is 7.05 Å². The molecule has 6 N–H and O–H groups in total. The zero-order valence-electron chi connectivity index (χ0n) is 17.6. The van der Waals surface area contributed by atoms with Gasteiger partial charge in [0.25, 0.3) is 0 Å². The lowest BCUT2D eigenvalue weighted by atomic mass is 9.79. The monoisotopic (exact) mass is 419 g/mol. The number of piperidine rings is 1. The number of hydrogen-bond acceptors (Lipinski definition) is 7. The van der Waals surface area contributed by atoms with Gasteiger partial charge in [0.05, 0.1) is 0 Å². The highest BCUT2D eigenvalue weighted by Gasteiger charge is 2.39. The zero-order chi connectivity index (χ0) is 22.0. The molecule has 0 atom stereocenters. The Bertz CT molecular complexity index is 831. The molecule has 2 rings (SSSR count). The van der Waals surface area contributed by atoms with E-state index in [4.69, 9.17) is 22.0 Å². The fraction of sp³-hybridized carbons (Fsp3) is 0.500. The highest BCUT2D eigenvalue weighted by Crippen LogP contribution is 2.32. The summed E-state index contributed by atoms with van der Waals surface area (Å²) in [5, 5.41) is 27.6. The summed E-state index contributed by atoms with van der Waals surface area (Å²) in [5.74, 6) is -0.680. The Labute approximate surface area is 175 Å². The van der Waals surface area contributed by atoms with Crippen LogP contribution in [0.2, 0.25) is 0 Å². The summed E-state index contributed by atoms with van der Waals surface area (Å²) in [4.78, 5) is 5.88. The van der Waals surface area contributed by atoms with Gasteiger partial charge in [-0.3, -0.25) is 15.8 Å². The van der Waals surface area contributed by atoms with Gasteiger partial charge in [-0.05, 0) is 58.4 Å². The molecule has 0 aliphatic carbocycles. The van der Waals surface area contributed by atoms with Crippen molar-refractivity contribution in [3.8, 4) is 0 Å². The lowest BCUT2D eigenvalue weighted by molar-refractivity contribution is 0.114. The number of nitrogens with zero attached hydrogens (tertiary/aromatic N) is 2. The minimum Gasteiger partial charge on any atom is -0.404 e. The Balaban J connectivity index is 2.12. The highest BCUT2D eigenvalue weighted by atomic mass is 32.2. The average Bonchev–Trinajstić information content (AvgIpc) is 2.59. The first kappa shape index (κ1) is 23.0. The van der Waals surface area contributed by atoms with Gasteiger partial charge in [0.2, 0.25) is 0 Å². The van der Waals surface area contributed by atoms with Gasteiger partial charge in [-0.15, -0.1) is 0 Å². The fourth-order valence-corrected chi connectivity index (χ4v) is 4.65. The smallest absolute Gasteiger partial charge is 0.162 e. The van der Waals surface area contributed by atoms with Crippen LogP contribution in [-0.4, -0.2) is 50.5 Å². The third-order valence-electron chi connectivity index (χ3n) is 4.96. The molecule has 0 unspecified atom stereocenters. The van der Waals surface area contributed by atoms with Crippen LogP contribution in [0.5, 0.6) is 0 Å². The van der Waals surface area contributed by atoms with Crippen molar-refractivity contribution >= 4 is 33.8 Å². The molecule has 1 aliphatic heterocycles. The van der Waals surface area contributed by atoms with Crippen LogP contribution in [0.15, 0.2) is 18.5 Å². The van der Waals surface area contributed by atoms with Crippen molar-refractivity contribution in [1.29, 1.82) is 16.2 Å². The Kier molecular flexibility index (Phi) is 6.85. The van der Waals surface area contributed by atoms with Crippen molar-refractivity contribution in [3.63, 3.8) is 0 Å². The summed E-state index contributed by atoms with van der Waals surface area (Å²) in [6.45, 7) is 8.58. The Morgan fingerprint density at radius 2 is 1.90 bits per heavy atom. The van der Waals surface area contributed by atoms with E-state index in [1.54, 1.807) is 0 Å². The van der Waals surface area contributed by atoms with Crippen LogP contribution in [-0.2, 0) is 0 Å². The number of hydrogen-bond donors (Lipinski definition) is 5. The van der Waals surface area contributed by atoms with E-state index in [1.807, 2.05) is 11.9 Å². The maximum Gasteiger partial charge on any atom is 0.162 e. The van der Waals surface area contributed by atoms with Crippen LogP contribution < -0.4 is 11.1 Å². The molecule has 0 saturated carbocycles. The molecular formula is C20H30FN7S. The maximum atomic E-state index is 14.5. The second kappa shape index (κ2) is 8.62. The van der Waals surface area contributed by atoms with Gasteiger partial charge in [-0.1, -0.05) is 0 Å². The van der Waals surface area contributed by atoms with E-state index in [1.165, 1.54) is 18.5 Å². The molecule has 9 heteroatoms. The first-order valence-corrected chi connectivity index (χ1v) is 10.2. The van der Waals surface area contributed by atoms with Gasteiger partial charge >= 0.3 is 0 Å². The summed E-state index contributed by atoms with van der Waals surface area (Å²) in [7, 11) is 1.85. The summed E-state index contributed by atoms with van der Waals surface area (Å²) in [6, 6.07) is 1.34. The molecule has 29 heavy (non-hydrogen) atoms. The molecule has 158 valence electrons. The fourth-order valence-electron chi connectivity index (χ4n) is 3.92. The first-order valence-electron chi connectivity index (χ1n) is 9.35. The van der Waals surface area contributed by atoms with Crippen LogP contribution in [0, 0.1) is 22.0 Å². The van der Waals surface area contributed by atoms with E-state index in [2.05, 4.69) is 38.0 Å². The molecule has 1 aromatic heterocycles. The van der Waals surface area contributed by atoms with Crippen LogP contribution in [0.4, 0.5) is 4.39 Å². The summed E-state index contributed by atoms with van der Waals surface area (Å²) in [5.41, 5.74) is 5.88. The first-order chi connectivity index (χ1) is 13.4. The van der Waals surface area contributed by atoms with E-state index in [-0.39, 0.29) is 33.0 Å². The third-order valence-corrected chi connectivity index (χ3v) is 5.84. The van der Waals surface area contributed by atoms with Gasteiger partial charge in [0.1, 0.15) is 10.7 Å². The van der Waals surface area contributed by atoms with Crippen LogP contribution >= 0.6 is 11.8 Å². The number of amidine groups is 1. The number of rotatable bonds is 4. The van der Waals surface area contributed by atoms with Crippen molar-refractivity contribution < 1.29 is 4.39 Å². The normalized spacial score (nSPS) is 18.9. The van der Waals surface area contributed by atoms with E-state index in [0.29, 0.717) is 11.1 Å². The lowest BCUT2D eigenvalue weighted by Crippen LogP contribution is -2.62. The number of thioether (sulfide) groups is 1. The van der Waals surface area contributed by atoms with Crippen LogP contribution in [0.25, 0.3) is 5.57 Å². The molecule has 0 aromatic carbocycles. The van der Waals surface area contributed by atoms with Gasteiger partial charge in [-0.2, -0.15) is 0 Å². The topological polar surface area (TPSA) is 126 Å². The Hall–Kier alpha value is -2.26. The van der Waals surface area contributed by atoms with E-state index in [9.17, 15) is 4.39 Å². The molecule has 0 radical (unpaired) electrons. The third kappa shape index (κ3) is 5.63. The summed E-state index contributed by atoms with van der Waals surface area (Å²) < 4.78 is 14.5. The SMILES string of the molecule is CN(C(=N)SC(=N)c1ncc(/C(C=N)=C/N)cc1F)C1CC(C)(C)NC(C)(C)C1. The van der Waals surface area contributed by atoms with Crippen LogP contribution in [0.3, 0.4) is 0 Å². The minimum absolute atomic E-state index is 0.0638. The number of nitrogens with one attached hydrogen (secondary N) is 4. The van der Waals surface area contributed by atoms with E-state index in [0.717, 1.165) is 30.8 Å². The van der Waals surface area contributed by atoms with Crippen molar-refractivity contribution in [1.82, 2.24) is 15.2 Å². The predicted molar refractivity (Wildman–Crippen MR) is 119 cm³/mol. The van der Waals surface area contributed by atoms with Crippen LogP contribution in [0.1, 0.15) is 51.8 Å². The van der Waals surface area contributed by atoms with Gasteiger partial charge in [0.15, 0.2) is 11.0 Å². The van der Waals surface area contributed by atoms with Gasteiger partial charge in [0, 0.05) is 53.9 Å². The summed E-state index contributed by atoms with van der Waals surface area (Å²) in [6.07, 6.45) is 5.33. The van der Waals surface area contributed by atoms with Crippen molar-refractivity contribution in [3.05, 3.63) is 35.5 Å². The van der Waals surface area contributed by atoms with E-state index < -0.39 is 5.82 Å². The Morgan fingerprint density at radius 3 is 2.38 bits per heavy atom. The molecule has 1 saturated heterocycles. The quantitative estimate of drug-likeness (QED) is 0.378. The van der Waals surface area contributed by atoms with Gasteiger partial charge < -0.3 is 21.4 Å². The molecule has 0 spiro atoms. The standard InChI is InChI=1S/C20H30FN7S/c1-19(2)7-14(8-20(3,4)27-19)28(5)18(25)29-17(24)16-15(21)6-12(11-26-16)13(9-22)10-23/h6,9-11,14,22,24-25,27H,7-8,23H2,1-5H3/b13-10+,22-9?,24-17?,25-18?. The van der Waals surface area contributed by atoms with Crippen molar-refractivity contribution in [2.45, 2.75) is 57.7 Å². The second-order valence-electron chi connectivity index (χ2n) is 8.62. The molecule has 0 amide bonds. The molecule has 2 heterocycles. The maximum absolute atomic E-state index is 14.5. The molecule has 7 nitrogen and oxygen atoms in total. The number of nitrogens with two attached hydrogens (primary N) is 1. The molecular weight excluding hydrogens is 389 g/mol. The zero-order valence-corrected chi connectivity index (χ0v) is 18.4. The lowest BCUT2D eigenvalue weighted by Gasteiger charge is -2.49. The largest absolute Gasteiger partial charge is 0.404 e.